The third-order valence-electron chi connectivity index (χ3n) is 2.50. The van der Waals surface area contributed by atoms with Crippen LogP contribution in [0.4, 0.5) is 0 Å². The highest BCUT2D eigenvalue weighted by Gasteiger charge is 2.29. The molecule has 7 heteroatoms. The van der Waals surface area contributed by atoms with Gasteiger partial charge in [-0.1, -0.05) is 5.21 Å². The average Bonchev–Trinajstić information content (AvgIpc) is 2.74. The number of nitrogens with zero attached hydrogens (tertiary/aromatic N) is 3. The third-order valence-corrected chi connectivity index (χ3v) is 2.50. The molecule has 1 atom stereocenters. The second-order valence-electron chi connectivity index (χ2n) is 4.38. The highest BCUT2D eigenvalue weighted by molar-refractivity contribution is 4.88. The first-order valence-corrected chi connectivity index (χ1v) is 5.34. The SMILES string of the molecule is CC(NC1COC(C)(C)OC1)c1nn[nH]n1. The Morgan fingerprint density at radius 1 is 1.44 bits per heavy atom. The van der Waals surface area contributed by atoms with E-state index in [1.165, 1.54) is 0 Å². The minimum Gasteiger partial charge on any atom is -0.349 e. The van der Waals surface area contributed by atoms with E-state index in [9.17, 15) is 0 Å². The van der Waals surface area contributed by atoms with Crippen LogP contribution in [0.3, 0.4) is 0 Å². The normalized spacial score (nSPS) is 23.2. The summed E-state index contributed by atoms with van der Waals surface area (Å²) in [5.41, 5.74) is 0. The van der Waals surface area contributed by atoms with Gasteiger partial charge in [-0.2, -0.15) is 5.21 Å². The molecule has 1 aromatic heterocycles. The van der Waals surface area contributed by atoms with E-state index >= 15 is 0 Å². The maximum Gasteiger partial charge on any atom is 0.191 e. The lowest BCUT2D eigenvalue weighted by Gasteiger charge is -2.36. The number of H-pyrrole nitrogens is 1. The zero-order valence-electron chi connectivity index (χ0n) is 9.73. The van der Waals surface area contributed by atoms with Crippen molar-refractivity contribution in [2.75, 3.05) is 13.2 Å². The smallest absolute Gasteiger partial charge is 0.191 e. The van der Waals surface area contributed by atoms with E-state index in [0.29, 0.717) is 19.0 Å². The van der Waals surface area contributed by atoms with Crippen LogP contribution < -0.4 is 5.32 Å². The van der Waals surface area contributed by atoms with Crippen molar-refractivity contribution in [3.63, 3.8) is 0 Å². The third kappa shape index (κ3) is 2.75. The molecular formula is C9H17N5O2. The molecule has 2 heterocycles. The second kappa shape index (κ2) is 4.44. The summed E-state index contributed by atoms with van der Waals surface area (Å²) in [6.45, 7) is 7.03. The molecule has 0 radical (unpaired) electrons. The van der Waals surface area contributed by atoms with E-state index < -0.39 is 5.79 Å². The summed E-state index contributed by atoms with van der Waals surface area (Å²) in [5, 5.41) is 17.1. The van der Waals surface area contributed by atoms with Crippen LogP contribution in [0.15, 0.2) is 0 Å². The van der Waals surface area contributed by atoms with Gasteiger partial charge in [0.25, 0.3) is 0 Å². The Kier molecular flexibility index (Phi) is 3.17. The quantitative estimate of drug-likeness (QED) is 0.756. The molecule has 7 nitrogen and oxygen atoms in total. The highest BCUT2D eigenvalue weighted by Crippen LogP contribution is 2.18. The Morgan fingerprint density at radius 2 is 2.12 bits per heavy atom. The minimum absolute atomic E-state index is 0.0252. The number of aromatic amines is 1. The van der Waals surface area contributed by atoms with Crippen molar-refractivity contribution < 1.29 is 9.47 Å². The van der Waals surface area contributed by atoms with Gasteiger partial charge in [0.2, 0.25) is 0 Å². The Labute approximate surface area is 93.9 Å². The van der Waals surface area contributed by atoms with Crippen LogP contribution >= 0.6 is 0 Å². The van der Waals surface area contributed by atoms with Crippen molar-refractivity contribution in [3.05, 3.63) is 5.82 Å². The molecule has 0 amide bonds. The standard InChI is InChI=1S/C9H17N5O2/c1-6(8-11-13-14-12-8)10-7-4-15-9(2,3)16-5-7/h6-7,10H,4-5H2,1-3H3,(H,11,12,13,14). The van der Waals surface area contributed by atoms with Gasteiger partial charge in [-0.3, -0.25) is 0 Å². The number of aromatic nitrogens is 4. The summed E-state index contributed by atoms with van der Waals surface area (Å²) in [4.78, 5) is 0. The molecule has 2 N–H and O–H groups in total. The molecule has 90 valence electrons. The number of nitrogens with one attached hydrogen (secondary N) is 2. The van der Waals surface area contributed by atoms with Crippen molar-refractivity contribution in [1.82, 2.24) is 25.9 Å². The van der Waals surface area contributed by atoms with Gasteiger partial charge in [0.05, 0.1) is 25.3 Å². The summed E-state index contributed by atoms with van der Waals surface area (Å²) in [5.74, 6) is 0.165. The van der Waals surface area contributed by atoms with Crippen LogP contribution in [0.25, 0.3) is 0 Å². The topological polar surface area (TPSA) is 85.0 Å². The summed E-state index contributed by atoms with van der Waals surface area (Å²) in [7, 11) is 0. The predicted molar refractivity (Wildman–Crippen MR) is 55.5 cm³/mol. The predicted octanol–water partition coefficient (Wildman–Crippen LogP) is 0.00180. The number of hydrogen-bond acceptors (Lipinski definition) is 6. The Balaban J connectivity index is 1.83. The first kappa shape index (κ1) is 11.4. The van der Waals surface area contributed by atoms with Crippen molar-refractivity contribution in [2.24, 2.45) is 0 Å². The van der Waals surface area contributed by atoms with Crippen molar-refractivity contribution in [3.8, 4) is 0 Å². The summed E-state index contributed by atoms with van der Waals surface area (Å²) in [6.07, 6.45) is 0. The van der Waals surface area contributed by atoms with Gasteiger partial charge >= 0.3 is 0 Å². The molecule has 16 heavy (non-hydrogen) atoms. The molecule has 1 aliphatic rings. The Bertz CT molecular complexity index is 317. The van der Waals surface area contributed by atoms with E-state index in [1.807, 2.05) is 20.8 Å². The first-order chi connectivity index (χ1) is 7.57. The van der Waals surface area contributed by atoms with E-state index in [-0.39, 0.29) is 12.1 Å². The van der Waals surface area contributed by atoms with E-state index in [4.69, 9.17) is 9.47 Å². The summed E-state index contributed by atoms with van der Waals surface area (Å²) < 4.78 is 11.1. The molecule has 0 aliphatic carbocycles. The highest BCUT2D eigenvalue weighted by atomic mass is 16.7. The second-order valence-corrected chi connectivity index (χ2v) is 4.38. The number of ether oxygens (including phenoxy) is 2. The average molecular weight is 227 g/mol. The molecule has 0 bridgehead atoms. The zero-order valence-corrected chi connectivity index (χ0v) is 9.73. The van der Waals surface area contributed by atoms with Gasteiger partial charge in [0.15, 0.2) is 11.6 Å². The number of tetrazole rings is 1. The van der Waals surface area contributed by atoms with Crippen LogP contribution in [0.2, 0.25) is 0 Å². The fourth-order valence-electron chi connectivity index (χ4n) is 1.57. The molecule has 1 aliphatic heterocycles. The van der Waals surface area contributed by atoms with E-state index in [2.05, 4.69) is 25.9 Å². The molecule has 0 aromatic carbocycles. The molecule has 1 fully saturated rings. The summed E-state index contributed by atoms with van der Waals surface area (Å²) in [6, 6.07) is 0.179. The monoisotopic (exact) mass is 227 g/mol. The van der Waals surface area contributed by atoms with Crippen molar-refractivity contribution in [1.29, 1.82) is 0 Å². The van der Waals surface area contributed by atoms with Gasteiger partial charge in [-0.25, -0.2) is 0 Å². The lowest BCUT2D eigenvalue weighted by molar-refractivity contribution is -0.253. The van der Waals surface area contributed by atoms with Gasteiger partial charge in [-0.05, 0) is 20.8 Å². The van der Waals surface area contributed by atoms with Gasteiger partial charge < -0.3 is 14.8 Å². The van der Waals surface area contributed by atoms with Crippen molar-refractivity contribution in [2.45, 2.75) is 38.6 Å². The van der Waals surface area contributed by atoms with Gasteiger partial charge in [0, 0.05) is 0 Å². The van der Waals surface area contributed by atoms with Gasteiger partial charge in [0.1, 0.15) is 0 Å². The summed E-state index contributed by atoms with van der Waals surface area (Å²) >= 11 is 0. The largest absolute Gasteiger partial charge is 0.349 e. The Hall–Kier alpha value is -1.05. The van der Waals surface area contributed by atoms with Crippen LogP contribution in [0.5, 0.6) is 0 Å². The fraction of sp³-hybridized carbons (Fsp3) is 0.889. The number of rotatable bonds is 3. The maximum atomic E-state index is 5.55. The molecule has 1 saturated heterocycles. The van der Waals surface area contributed by atoms with Crippen LogP contribution in [0.1, 0.15) is 32.6 Å². The number of hydrogen-bond donors (Lipinski definition) is 2. The van der Waals surface area contributed by atoms with Gasteiger partial charge in [-0.15, -0.1) is 10.2 Å². The molecule has 1 aromatic rings. The molecular weight excluding hydrogens is 210 g/mol. The molecule has 0 saturated carbocycles. The zero-order chi connectivity index (χ0) is 11.6. The lowest BCUT2D eigenvalue weighted by atomic mass is 10.2. The van der Waals surface area contributed by atoms with Crippen LogP contribution in [-0.4, -0.2) is 45.7 Å². The lowest BCUT2D eigenvalue weighted by Crippen LogP contribution is -2.49. The maximum absolute atomic E-state index is 5.55. The Morgan fingerprint density at radius 3 is 2.69 bits per heavy atom. The van der Waals surface area contributed by atoms with E-state index in [0.717, 1.165) is 0 Å². The molecule has 0 spiro atoms. The van der Waals surface area contributed by atoms with Crippen LogP contribution in [-0.2, 0) is 9.47 Å². The van der Waals surface area contributed by atoms with E-state index in [1.54, 1.807) is 0 Å². The molecule has 1 unspecified atom stereocenters. The fourth-order valence-corrected chi connectivity index (χ4v) is 1.57. The van der Waals surface area contributed by atoms with Crippen LogP contribution in [0, 0.1) is 0 Å². The van der Waals surface area contributed by atoms with Crippen molar-refractivity contribution >= 4 is 0 Å². The minimum atomic E-state index is -0.479. The first-order valence-electron chi connectivity index (χ1n) is 5.34. The molecule has 2 rings (SSSR count).